The fourth-order valence-electron chi connectivity index (χ4n) is 0.974. The first-order valence-electron chi connectivity index (χ1n) is 3.56. The van der Waals surface area contributed by atoms with Crippen LogP contribution in [0.1, 0.15) is 11.6 Å². The molecule has 1 atom stereocenters. The topological polar surface area (TPSA) is 63.3 Å². The van der Waals surface area contributed by atoms with E-state index in [-0.39, 0.29) is 0 Å². The Morgan fingerprint density at radius 1 is 1.43 bits per heavy atom. The molecule has 0 aliphatic heterocycles. The van der Waals surface area contributed by atoms with Gasteiger partial charge in [0.15, 0.2) is 0 Å². The van der Waals surface area contributed by atoms with Gasteiger partial charge < -0.3 is 10.8 Å². The van der Waals surface area contributed by atoms with Gasteiger partial charge in [0, 0.05) is 3.57 Å². The van der Waals surface area contributed by atoms with Crippen molar-refractivity contribution in [1.82, 2.24) is 0 Å². The molecule has 76 valence electrons. The van der Waals surface area contributed by atoms with E-state index in [2.05, 4.69) is 0 Å². The lowest BCUT2D eigenvalue weighted by Gasteiger charge is -2.09. The Morgan fingerprint density at radius 2 is 1.86 bits per heavy atom. The molecular formula is C8H6F2INO2. The summed E-state index contributed by atoms with van der Waals surface area (Å²) in [6, 6.07) is 0.385. The highest BCUT2D eigenvalue weighted by Gasteiger charge is 2.23. The maximum Gasteiger partial charge on any atom is 0.325 e. The molecule has 0 spiro atoms. The predicted octanol–water partition coefficient (Wildman–Crippen LogP) is 1.65. The van der Waals surface area contributed by atoms with Crippen LogP contribution in [0.4, 0.5) is 8.78 Å². The van der Waals surface area contributed by atoms with Crippen LogP contribution in [0.15, 0.2) is 12.1 Å². The molecule has 0 aliphatic carbocycles. The zero-order chi connectivity index (χ0) is 10.9. The SMILES string of the molecule is NC(C(=O)O)c1c(F)cc(I)cc1F. The van der Waals surface area contributed by atoms with Crippen molar-refractivity contribution in [2.24, 2.45) is 5.73 Å². The number of nitrogens with two attached hydrogens (primary N) is 1. The van der Waals surface area contributed by atoms with Gasteiger partial charge in [-0.05, 0) is 34.7 Å². The molecule has 0 saturated carbocycles. The van der Waals surface area contributed by atoms with Crippen molar-refractivity contribution >= 4 is 28.6 Å². The summed E-state index contributed by atoms with van der Waals surface area (Å²) in [5.74, 6) is -3.35. The molecule has 0 heterocycles. The molecule has 1 unspecified atom stereocenters. The number of benzene rings is 1. The lowest BCUT2D eigenvalue weighted by Crippen LogP contribution is -2.23. The van der Waals surface area contributed by atoms with Crippen LogP contribution in [0.3, 0.4) is 0 Å². The van der Waals surface area contributed by atoms with Gasteiger partial charge in [0.2, 0.25) is 0 Å². The molecule has 0 bridgehead atoms. The number of carboxylic acid groups (broad SMARTS) is 1. The predicted molar refractivity (Wildman–Crippen MR) is 53.6 cm³/mol. The summed E-state index contributed by atoms with van der Waals surface area (Å²) in [4.78, 5) is 10.4. The van der Waals surface area contributed by atoms with Crippen LogP contribution in [0.5, 0.6) is 0 Å². The van der Waals surface area contributed by atoms with Crippen molar-refractivity contribution in [2.45, 2.75) is 6.04 Å². The van der Waals surface area contributed by atoms with Crippen LogP contribution in [-0.4, -0.2) is 11.1 Å². The molecule has 3 nitrogen and oxygen atoms in total. The van der Waals surface area contributed by atoms with Crippen molar-refractivity contribution in [3.8, 4) is 0 Å². The molecule has 1 aromatic carbocycles. The maximum absolute atomic E-state index is 13.1. The van der Waals surface area contributed by atoms with Crippen LogP contribution >= 0.6 is 22.6 Å². The van der Waals surface area contributed by atoms with Gasteiger partial charge in [0.1, 0.15) is 17.7 Å². The molecule has 14 heavy (non-hydrogen) atoms. The summed E-state index contributed by atoms with van der Waals surface area (Å²) in [5.41, 5.74) is 4.49. The van der Waals surface area contributed by atoms with Gasteiger partial charge in [-0.1, -0.05) is 0 Å². The van der Waals surface area contributed by atoms with E-state index in [4.69, 9.17) is 10.8 Å². The minimum Gasteiger partial charge on any atom is -0.480 e. The van der Waals surface area contributed by atoms with Crippen LogP contribution in [0.25, 0.3) is 0 Å². The summed E-state index contributed by atoms with van der Waals surface area (Å²) in [6.45, 7) is 0. The van der Waals surface area contributed by atoms with Gasteiger partial charge in [0.05, 0.1) is 5.56 Å². The third-order valence-corrected chi connectivity index (χ3v) is 2.24. The van der Waals surface area contributed by atoms with E-state index in [0.29, 0.717) is 3.57 Å². The lowest BCUT2D eigenvalue weighted by atomic mass is 10.1. The Kier molecular flexibility index (Phi) is 3.38. The van der Waals surface area contributed by atoms with Crippen molar-refractivity contribution in [3.63, 3.8) is 0 Å². The first-order chi connectivity index (χ1) is 6.43. The average molecular weight is 313 g/mol. The van der Waals surface area contributed by atoms with Gasteiger partial charge in [-0.25, -0.2) is 8.78 Å². The molecule has 0 aromatic heterocycles. The van der Waals surface area contributed by atoms with Gasteiger partial charge in [-0.15, -0.1) is 0 Å². The standard InChI is InChI=1S/C8H6F2INO2/c9-4-1-3(11)2-5(10)6(4)7(12)8(13)14/h1-2,7H,12H2,(H,13,14). The number of halogens is 3. The van der Waals surface area contributed by atoms with Crippen molar-refractivity contribution < 1.29 is 18.7 Å². The molecule has 0 aliphatic rings. The largest absolute Gasteiger partial charge is 0.480 e. The number of carboxylic acids is 1. The molecule has 0 fully saturated rings. The Balaban J connectivity index is 3.27. The molecule has 0 amide bonds. The Hall–Kier alpha value is -0.760. The normalized spacial score (nSPS) is 12.6. The molecule has 1 rings (SSSR count). The summed E-state index contributed by atoms with van der Waals surface area (Å²) in [7, 11) is 0. The Labute approximate surface area is 92.0 Å². The summed E-state index contributed by atoms with van der Waals surface area (Å²) < 4.78 is 26.6. The third kappa shape index (κ3) is 2.18. The second-order valence-corrected chi connectivity index (χ2v) is 3.84. The van der Waals surface area contributed by atoms with Crippen LogP contribution < -0.4 is 5.73 Å². The van der Waals surface area contributed by atoms with E-state index in [0.717, 1.165) is 12.1 Å². The van der Waals surface area contributed by atoms with Gasteiger partial charge in [-0.2, -0.15) is 0 Å². The Bertz CT molecular complexity index is 361. The summed E-state index contributed by atoms with van der Waals surface area (Å²) in [6.07, 6.45) is 0. The van der Waals surface area contributed by atoms with E-state index in [1.54, 1.807) is 22.6 Å². The summed E-state index contributed by atoms with van der Waals surface area (Å²) >= 11 is 1.72. The second kappa shape index (κ2) is 4.18. The van der Waals surface area contributed by atoms with E-state index in [1.807, 2.05) is 0 Å². The van der Waals surface area contributed by atoms with E-state index < -0.39 is 29.2 Å². The van der Waals surface area contributed by atoms with E-state index in [1.165, 1.54) is 0 Å². The fraction of sp³-hybridized carbons (Fsp3) is 0.125. The van der Waals surface area contributed by atoms with Crippen LogP contribution in [0, 0.1) is 15.2 Å². The van der Waals surface area contributed by atoms with Gasteiger partial charge >= 0.3 is 5.97 Å². The van der Waals surface area contributed by atoms with E-state index >= 15 is 0 Å². The van der Waals surface area contributed by atoms with Crippen LogP contribution in [0.2, 0.25) is 0 Å². The first-order valence-corrected chi connectivity index (χ1v) is 4.64. The number of carbonyl (C=O) groups is 1. The first kappa shape index (κ1) is 11.3. The molecule has 0 saturated heterocycles. The highest BCUT2D eigenvalue weighted by Crippen LogP contribution is 2.21. The zero-order valence-corrected chi connectivity index (χ0v) is 8.96. The minimum absolute atomic E-state index is 0.346. The van der Waals surface area contributed by atoms with Gasteiger partial charge in [0.25, 0.3) is 0 Å². The van der Waals surface area contributed by atoms with Gasteiger partial charge in [-0.3, -0.25) is 4.79 Å². The third-order valence-electron chi connectivity index (χ3n) is 1.62. The number of aliphatic carboxylic acids is 1. The highest BCUT2D eigenvalue weighted by molar-refractivity contribution is 14.1. The van der Waals surface area contributed by atoms with Crippen molar-refractivity contribution in [2.75, 3.05) is 0 Å². The number of hydrogen-bond acceptors (Lipinski definition) is 2. The average Bonchev–Trinajstić information content (AvgIpc) is 2.01. The molecule has 6 heteroatoms. The van der Waals surface area contributed by atoms with Crippen molar-refractivity contribution in [3.05, 3.63) is 32.9 Å². The maximum atomic E-state index is 13.1. The molecular weight excluding hydrogens is 307 g/mol. The smallest absolute Gasteiger partial charge is 0.325 e. The quantitative estimate of drug-likeness (QED) is 0.816. The number of rotatable bonds is 2. The van der Waals surface area contributed by atoms with E-state index in [9.17, 15) is 13.6 Å². The second-order valence-electron chi connectivity index (χ2n) is 2.60. The minimum atomic E-state index is -1.67. The number of hydrogen-bond donors (Lipinski definition) is 2. The summed E-state index contributed by atoms with van der Waals surface area (Å²) in [5, 5.41) is 8.49. The monoisotopic (exact) mass is 313 g/mol. The van der Waals surface area contributed by atoms with Crippen molar-refractivity contribution in [1.29, 1.82) is 0 Å². The highest BCUT2D eigenvalue weighted by atomic mass is 127. The molecule has 3 N–H and O–H groups in total. The zero-order valence-electron chi connectivity index (χ0n) is 6.80. The Morgan fingerprint density at radius 3 is 2.21 bits per heavy atom. The van der Waals surface area contributed by atoms with Crippen LogP contribution in [-0.2, 0) is 4.79 Å². The fourth-order valence-corrected chi connectivity index (χ4v) is 1.52. The molecule has 0 radical (unpaired) electrons. The molecule has 1 aromatic rings. The lowest BCUT2D eigenvalue weighted by molar-refractivity contribution is -0.138.